The molecule has 2 bridgehead atoms. The molecule has 0 spiro atoms. The van der Waals surface area contributed by atoms with Crippen LogP contribution in [-0.2, 0) is 0 Å². The van der Waals surface area contributed by atoms with Crippen molar-refractivity contribution < 1.29 is 5.11 Å². The monoisotopic (exact) mass is 177 g/mol. The van der Waals surface area contributed by atoms with Crippen molar-refractivity contribution >= 4 is 0 Å². The van der Waals surface area contributed by atoms with Gasteiger partial charge in [-0.1, -0.05) is 26.0 Å². The molecule has 0 aromatic carbocycles. The maximum absolute atomic E-state index is 10.0. The maximum Gasteiger partial charge on any atom is 0.155 e. The summed E-state index contributed by atoms with van der Waals surface area (Å²) in [7, 11) is 0. The van der Waals surface area contributed by atoms with Gasteiger partial charge in [0.2, 0.25) is 0 Å². The molecule has 13 heavy (non-hydrogen) atoms. The van der Waals surface area contributed by atoms with Gasteiger partial charge in [0.05, 0.1) is 6.07 Å². The second kappa shape index (κ2) is 2.16. The number of hydrogen-bond donors (Lipinski definition) is 1. The average molecular weight is 177 g/mol. The van der Waals surface area contributed by atoms with Crippen molar-refractivity contribution in [2.24, 2.45) is 17.3 Å². The van der Waals surface area contributed by atoms with E-state index in [9.17, 15) is 5.11 Å². The normalized spacial score (nSPS) is 46.5. The summed E-state index contributed by atoms with van der Waals surface area (Å²) in [6, 6.07) is 2.06. The molecule has 0 aliphatic heterocycles. The lowest BCUT2D eigenvalue weighted by Crippen LogP contribution is -2.43. The molecule has 2 aliphatic carbocycles. The summed E-state index contributed by atoms with van der Waals surface area (Å²) in [5.41, 5.74) is 0.0698. The van der Waals surface area contributed by atoms with Crippen LogP contribution in [0.25, 0.3) is 0 Å². The molecular weight excluding hydrogens is 162 g/mol. The molecule has 1 N–H and O–H groups in total. The molecule has 2 fully saturated rings. The van der Waals surface area contributed by atoms with Gasteiger partial charge in [0.15, 0.2) is 5.60 Å². The van der Waals surface area contributed by atoms with Gasteiger partial charge in [-0.15, -0.1) is 0 Å². The first-order valence-electron chi connectivity index (χ1n) is 4.75. The van der Waals surface area contributed by atoms with E-state index in [0.717, 1.165) is 6.42 Å². The van der Waals surface area contributed by atoms with E-state index in [-0.39, 0.29) is 11.3 Å². The number of fused-ring (bicyclic) bond motifs is 2. The van der Waals surface area contributed by atoms with Crippen LogP contribution in [0.1, 0.15) is 26.7 Å². The Morgan fingerprint density at radius 1 is 1.62 bits per heavy atom. The van der Waals surface area contributed by atoms with E-state index in [0.29, 0.717) is 12.3 Å². The summed E-state index contributed by atoms with van der Waals surface area (Å²) in [6.07, 6.45) is 1.53. The summed E-state index contributed by atoms with van der Waals surface area (Å²) < 4.78 is 0. The number of hydrogen-bond acceptors (Lipinski definition) is 2. The van der Waals surface area contributed by atoms with Gasteiger partial charge < -0.3 is 5.11 Å². The fraction of sp³-hybridized carbons (Fsp3) is 0.727. The van der Waals surface area contributed by atoms with E-state index in [1.165, 1.54) is 5.57 Å². The van der Waals surface area contributed by atoms with Crippen LogP contribution in [0.4, 0.5) is 0 Å². The average Bonchev–Trinajstić information content (AvgIpc) is 2.51. The molecule has 2 aliphatic rings. The Labute approximate surface area is 78.9 Å². The summed E-state index contributed by atoms with van der Waals surface area (Å²) in [5, 5.41) is 19.0. The molecule has 2 rings (SSSR count). The minimum Gasteiger partial charge on any atom is -0.375 e. The number of allylic oxidation sites excluding steroid dienone is 1. The predicted molar refractivity (Wildman–Crippen MR) is 49.7 cm³/mol. The Morgan fingerprint density at radius 3 is 2.62 bits per heavy atom. The lowest BCUT2D eigenvalue weighted by atomic mass is 9.67. The Hall–Kier alpha value is -0.810. The maximum atomic E-state index is 10.0. The first-order chi connectivity index (χ1) is 5.92. The van der Waals surface area contributed by atoms with Gasteiger partial charge in [-0.25, -0.2) is 0 Å². The molecule has 0 aromatic heterocycles. The van der Waals surface area contributed by atoms with Crippen molar-refractivity contribution in [3.8, 4) is 6.07 Å². The predicted octanol–water partition coefficient (Wildman–Crippen LogP) is 1.86. The number of nitrogens with zero attached hydrogens (tertiary/aromatic N) is 1. The highest BCUT2D eigenvalue weighted by Gasteiger charge is 2.60. The quantitative estimate of drug-likeness (QED) is 0.453. The van der Waals surface area contributed by atoms with Gasteiger partial charge in [-0.05, 0) is 24.2 Å². The van der Waals surface area contributed by atoms with Gasteiger partial charge in [0.1, 0.15) is 0 Å². The third kappa shape index (κ3) is 0.858. The molecule has 0 amide bonds. The van der Waals surface area contributed by atoms with Crippen LogP contribution in [0.5, 0.6) is 0 Å². The third-order valence-electron chi connectivity index (χ3n) is 4.04. The van der Waals surface area contributed by atoms with E-state index in [1.807, 2.05) is 0 Å². The largest absolute Gasteiger partial charge is 0.375 e. The van der Waals surface area contributed by atoms with E-state index >= 15 is 0 Å². The summed E-state index contributed by atoms with van der Waals surface area (Å²) in [5.74, 6) is 0.451. The standard InChI is InChI=1S/C11H15NO/c1-7-8-4-9(10(7,2)3)11(13,5-8)6-12/h8-9,13H,1,4-5H2,2-3H3. The Bertz CT molecular complexity index is 313. The van der Waals surface area contributed by atoms with Crippen molar-refractivity contribution in [1.82, 2.24) is 0 Å². The van der Waals surface area contributed by atoms with Gasteiger partial charge >= 0.3 is 0 Å². The van der Waals surface area contributed by atoms with Crippen LogP contribution in [-0.4, -0.2) is 10.7 Å². The second-order valence-corrected chi connectivity index (χ2v) is 4.97. The molecular formula is C11H15NO. The highest BCUT2D eigenvalue weighted by Crippen LogP contribution is 2.62. The molecule has 2 heteroatoms. The van der Waals surface area contributed by atoms with Crippen LogP contribution < -0.4 is 0 Å². The molecule has 0 saturated heterocycles. The lowest BCUT2D eigenvalue weighted by molar-refractivity contribution is 0.00496. The van der Waals surface area contributed by atoms with Gasteiger partial charge in [0.25, 0.3) is 0 Å². The summed E-state index contributed by atoms with van der Waals surface area (Å²) in [4.78, 5) is 0. The van der Waals surface area contributed by atoms with Crippen LogP contribution in [0.15, 0.2) is 12.2 Å². The fourth-order valence-electron chi connectivity index (χ4n) is 3.11. The first kappa shape index (κ1) is 8.77. The Morgan fingerprint density at radius 2 is 2.23 bits per heavy atom. The smallest absolute Gasteiger partial charge is 0.155 e. The molecule has 3 unspecified atom stereocenters. The number of rotatable bonds is 0. The third-order valence-corrected chi connectivity index (χ3v) is 4.04. The van der Waals surface area contributed by atoms with Crippen LogP contribution in [0, 0.1) is 28.6 Å². The van der Waals surface area contributed by atoms with Crippen LogP contribution >= 0.6 is 0 Å². The second-order valence-electron chi connectivity index (χ2n) is 4.97. The van der Waals surface area contributed by atoms with E-state index < -0.39 is 5.60 Å². The molecule has 0 aromatic rings. The number of nitriles is 1. The highest BCUT2D eigenvalue weighted by atomic mass is 16.3. The van der Waals surface area contributed by atoms with Crippen molar-refractivity contribution in [3.63, 3.8) is 0 Å². The Balaban J connectivity index is 2.42. The molecule has 0 radical (unpaired) electrons. The first-order valence-corrected chi connectivity index (χ1v) is 4.75. The summed E-state index contributed by atoms with van der Waals surface area (Å²) in [6.45, 7) is 8.24. The zero-order valence-electron chi connectivity index (χ0n) is 8.17. The van der Waals surface area contributed by atoms with Crippen LogP contribution in [0.3, 0.4) is 0 Å². The molecule has 2 saturated carbocycles. The molecule has 3 atom stereocenters. The zero-order valence-corrected chi connectivity index (χ0v) is 8.17. The molecule has 0 heterocycles. The van der Waals surface area contributed by atoms with Crippen molar-refractivity contribution in [2.45, 2.75) is 32.3 Å². The highest BCUT2D eigenvalue weighted by molar-refractivity contribution is 5.32. The number of aliphatic hydroxyl groups is 1. The van der Waals surface area contributed by atoms with E-state index in [1.54, 1.807) is 0 Å². The van der Waals surface area contributed by atoms with E-state index in [2.05, 4.69) is 26.5 Å². The van der Waals surface area contributed by atoms with Gasteiger partial charge in [0, 0.05) is 5.92 Å². The topological polar surface area (TPSA) is 44.0 Å². The van der Waals surface area contributed by atoms with Gasteiger partial charge in [-0.2, -0.15) is 5.26 Å². The van der Waals surface area contributed by atoms with Crippen molar-refractivity contribution in [2.75, 3.05) is 0 Å². The van der Waals surface area contributed by atoms with E-state index in [4.69, 9.17) is 5.26 Å². The van der Waals surface area contributed by atoms with Crippen LogP contribution in [0.2, 0.25) is 0 Å². The lowest BCUT2D eigenvalue weighted by Gasteiger charge is -2.39. The minimum atomic E-state index is -1.09. The minimum absolute atomic E-state index is 0.0621. The van der Waals surface area contributed by atoms with Crippen molar-refractivity contribution in [3.05, 3.63) is 12.2 Å². The van der Waals surface area contributed by atoms with Gasteiger partial charge in [-0.3, -0.25) is 0 Å². The summed E-state index contributed by atoms with van der Waals surface area (Å²) >= 11 is 0. The Kier molecular flexibility index (Phi) is 1.46. The van der Waals surface area contributed by atoms with Crippen molar-refractivity contribution in [1.29, 1.82) is 5.26 Å². The molecule has 2 nitrogen and oxygen atoms in total. The fourth-order valence-corrected chi connectivity index (χ4v) is 3.11. The molecule has 70 valence electrons. The SMILES string of the molecule is C=C1C2CC(C(O)(C#N)C2)C1(C)C. The zero-order chi connectivity index (χ0) is 9.85.